The van der Waals surface area contributed by atoms with Crippen molar-refractivity contribution in [2.24, 2.45) is 5.41 Å². The third kappa shape index (κ3) is 21.6. The second kappa shape index (κ2) is 29.4. The first kappa shape index (κ1) is 45.9. The molecular formula is C37H60O5. The van der Waals surface area contributed by atoms with Crippen LogP contribution >= 0.6 is 0 Å². The third-order valence-corrected chi connectivity index (χ3v) is 6.14. The summed E-state index contributed by atoms with van der Waals surface area (Å²) in [5, 5.41) is 7.00. The smallest absolute Gasteiger partial charge is 0.159 e. The van der Waals surface area contributed by atoms with Gasteiger partial charge in [-0.1, -0.05) is 91.0 Å². The van der Waals surface area contributed by atoms with E-state index in [9.17, 15) is 14.4 Å². The Morgan fingerprint density at radius 1 is 0.738 bits per heavy atom. The summed E-state index contributed by atoms with van der Waals surface area (Å²) in [5.41, 5.74) is 3.23. The maximum absolute atomic E-state index is 11.2. The summed E-state index contributed by atoms with van der Waals surface area (Å²) >= 11 is 0. The van der Waals surface area contributed by atoms with Crippen LogP contribution in [0, 0.1) is 17.3 Å². The Balaban J connectivity index is -0.000000274. The Bertz CT molecular complexity index is 981. The predicted octanol–water partition coefficient (Wildman–Crippen LogP) is 8.91. The summed E-state index contributed by atoms with van der Waals surface area (Å²) in [5.74, 6) is 6.19. The molecule has 0 saturated heterocycles. The van der Waals surface area contributed by atoms with Gasteiger partial charge >= 0.3 is 0 Å². The number of aryl methyl sites for hydroxylation is 1. The maximum Gasteiger partial charge on any atom is 0.159 e. The average Bonchev–Trinajstić information content (AvgIpc) is 3.01. The Morgan fingerprint density at radius 2 is 1.10 bits per heavy atom. The molecule has 0 amide bonds. The summed E-state index contributed by atoms with van der Waals surface area (Å²) in [4.78, 5) is 32.6. The minimum atomic E-state index is -0.778. The molecule has 0 heterocycles. The SMILES string of the molecule is CC.CC.CC(=O)C(C)(C)C(C)=O.CCC(CC)OC.CCCc1ccc(C#Cc2ccc(C(C)=O)cc2)cc1.CO. The van der Waals surface area contributed by atoms with Crippen LogP contribution in [0.25, 0.3) is 0 Å². The number of benzene rings is 2. The highest BCUT2D eigenvalue weighted by Gasteiger charge is 2.28. The lowest BCUT2D eigenvalue weighted by Crippen LogP contribution is -2.29. The number of ketones is 3. The molecule has 0 spiro atoms. The second-order valence-electron chi connectivity index (χ2n) is 9.24. The van der Waals surface area contributed by atoms with Crippen LogP contribution in [-0.2, 0) is 20.7 Å². The van der Waals surface area contributed by atoms with Gasteiger partial charge in [-0.3, -0.25) is 14.4 Å². The fourth-order valence-electron chi connectivity index (χ4n) is 2.85. The standard InChI is InChI=1S/C19H18O.C7H12O2.C6H14O.2C2H6.CH4O/c1-3-4-16-5-7-17(8-6-16)9-10-18-11-13-19(14-12-18)15(2)20;1-5(8)7(3,4)6(2)9;1-4-6(5-2)7-3;3*1-2/h5-8,11-14H,3-4H2,1-2H3;1-4H3;6H,4-5H2,1-3H3;2*1-2H3;2H,1H3. The minimum Gasteiger partial charge on any atom is -0.400 e. The summed E-state index contributed by atoms with van der Waals surface area (Å²) < 4.78 is 5.05. The van der Waals surface area contributed by atoms with E-state index < -0.39 is 5.41 Å². The topological polar surface area (TPSA) is 80.7 Å². The number of hydrogen-bond acceptors (Lipinski definition) is 5. The monoisotopic (exact) mass is 584 g/mol. The van der Waals surface area contributed by atoms with Gasteiger partial charge < -0.3 is 9.84 Å². The van der Waals surface area contributed by atoms with Crippen LogP contribution in [0.4, 0.5) is 0 Å². The average molecular weight is 585 g/mol. The summed E-state index contributed by atoms with van der Waals surface area (Å²) in [6.07, 6.45) is 5.02. The number of carbonyl (C=O) groups is 3. The van der Waals surface area contributed by atoms with Crippen molar-refractivity contribution in [3.05, 3.63) is 70.8 Å². The van der Waals surface area contributed by atoms with Crippen LogP contribution in [0.15, 0.2) is 48.5 Å². The van der Waals surface area contributed by atoms with Crippen molar-refractivity contribution in [3.8, 4) is 11.8 Å². The first-order chi connectivity index (χ1) is 19.9. The Kier molecular flexibility index (Phi) is 32.2. The van der Waals surface area contributed by atoms with E-state index in [0.29, 0.717) is 6.10 Å². The lowest BCUT2D eigenvalue weighted by molar-refractivity contribution is -0.136. The van der Waals surface area contributed by atoms with Crippen LogP contribution in [0.5, 0.6) is 0 Å². The highest BCUT2D eigenvalue weighted by molar-refractivity contribution is 6.04. The van der Waals surface area contributed by atoms with E-state index in [1.165, 1.54) is 19.4 Å². The zero-order valence-corrected chi connectivity index (χ0v) is 29.1. The van der Waals surface area contributed by atoms with Crippen molar-refractivity contribution in [3.63, 3.8) is 0 Å². The molecule has 0 aliphatic carbocycles. The molecule has 2 aromatic carbocycles. The number of aliphatic hydroxyl groups excluding tert-OH is 1. The molecule has 0 aliphatic heterocycles. The molecular weight excluding hydrogens is 524 g/mol. The lowest BCUT2D eigenvalue weighted by Gasteiger charge is -2.15. The van der Waals surface area contributed by atoms with Crippen molar-refractivity contribution in [2.75, 3.05) is 14.2 Å². The Morgan fingerprint density at radius 3 is 1.31 bits per heavy atom. The number of aliphatic hydroxyl groups is 1. The Labute approximate surface area is 258 Å². The third-order valence-electron chi connectivity index (χ3n) is 6.14. The molecule has 0 radical (unpaired) electrons. The van der Waals surface area contributed by atoms with E-state index in [4.69, 9.17) is 9.84 Å². The molecule has 5 heteroatoms. The number of hydrogen-bond donors (Lipinski definition) is 1. The van der Waals surface area contributed by atoms with Crippen molar-refractivity contribution >= 4 is 17.3 Å². The van der Waals surface area contributed by atoms with E-state index in [0.717, 1.165) is 49.5 Å². The molecule has 0 saturated carbocycles. The Hall–Kier alpha value is -3.07. The second-order valence-corrected chi connectivity index (χ2v) is 9.24. The fourth-order valence-corrected chi connectivity index (χ4v) is 2.85. The molecule has 0 aromatic heterocycles. The molecule has 0 bridgehead atoms. The quantitative estimate of drug-likeness (QED) is 0.190. The van der Waals surface area contributed by atoms with Crippen LogP contribution in [0.3, 0.4) is 0 Å². The van der Waals surface area contributed by atoms with Crippen LogP contribution in [0.1, 0.15) is 129 Å². The zero-order chi connectivity index (χ0) is 33.7. The molecule has 0 atom stereocenters. The zero-order valence-electron chi connectivity index (χ0n) is 29.1. The molecule has 2 aromatic rings. The normalized spacial score (nSPS) is 9.14. The van der Waals surface area contributed by atoms with Gasteiger partial charge in [-0.15, -0.1) is 0 Å². The van der Waals surface area contributed by atoms with E-state index in [1.54, 1.807) is 27.9 Å². The first-order valence-electron chi connectivity index (χ1n) is 15.1. The van der Waals surface area contributed by atoms with Crippen molar-refractivity contribution in [1.82, 2.24) is 0 Å². The van der Waals surface area contributed by atoms with Gasteiger partial charge in [0.1, 0.15) is 11.6 Å². The van der Waals surface area contributed by atoms with E-state index >= 15 is 0 Å². The van der Waals surface area contributed by atoms with Crippen LogP contribution < -0.4 is 0 Å². The fraction of sp³-hybridized carbons (Fsp3) is 0.541. The summed E-state index contributed by atoms with van der Waals surface area (Å²) in [7, 11) is 2.76. The number of methoxy groups -OCH3 is 1. The van der Waals surface area contributed by atoms with Gasteiger partial charge in [0.05, 0.1) is 11.5 Å². The lowest BCUT2D eigenvalue weighted by atomic mass is 9.85. The van der Waals surface area contributed by atoms with Gasteiger partial charge in [0.2, 0.25) is 0 Å². The van der Waals surface area contributed by atoms with Gasteiger partial charge in [-0.2, -0.15) is 0 Å². The van der Waals surface area contributed by atoms with Crippen LogP contribution in [-0.4, -0.2) is 42.8 Å². The van der Waals surface area contributed by atoms with Crippen molar-refractivity contribution in [1.29, 1.82) is 0 Å². The number of Topliss-reactive ketones (excluding diaryl/α,β-unsaturated/α-hetero) is 3. The predicted molar refractivity (Wildman–Crippen MR) is 180 cm³/mol. The molecule has 2 rings (SSSR count). The summed E-state index contributed by atoms with van der Waals surface area (Å²) in [6, 6.07) is 15.8. The number of rotatable bonds is 8. The molecule has 5 nitrogen and oxygen atoms in total. The highest BCUT2D eigenvalue weighted by Crippen LogP contribution is 2.16. The molecule has 238 valence electrons. The molecule has 0 aliphatic rings. The molecule has 1 N–H and O–H groups in total. The molecule has 0 unspecified atom stereocenters. The molecule has 0 fully saturated rings. The van der Waals surface area contributed by atoms with E-state index in [2.05, 4.69) is 56.9 Å². The van der Waals surface area contributed by atoms with Gasteiger partial charge in [-0.05, 0) is 83.7 Å². The van der Waals surface area contributed by atoms with Gasteiger partial charge in [0, 0.05) is 30.9 Å². The van der Waals surface area contributed by atoms with Crippen molar-refractivity contribution in [2.45, 2.75) is 115 Å². The largest absolute Gasteiger partial charge is 0.400 e. The number of carbonyl (C=O) groups excluding carboxylic acids is 3. The van der Waals surface area contributed by atoms with Gasteiger partial charge in [0.15, 0.2) is 5.78 Å². The highest BCUT2D eigenvalue weighted by atomic mass is 16.5. The van der Waals surface area contributed by atoms with Gasteiger partial charge in [0.25, 0.3) is 0 Å². The first-order valence-corrected chi connectivity index (χ1v) is 15.1. The van der Waals surface area contributed by atoms with E-state index in [-0.39, 0.29) is 17.3 Å². The minimum absolute atomic E-state index is 0.0741. The summed E-state index contributed by atoms with van der Waals surface area (Å²) in [6.45, 7) is 22.2. The van der Waals surface area contributed by atoms with Gasteiger partial charge in [-0.25, -0.2) is 0 Å². The molecule has 42 heavy (non-hydrogen) atoms. The van der Waals surface area contributed by atoms with Crippen LogP contribution in [0.2, 0.25) is 0 Å². The van der Waals surface area contributed by atoms with Crippen molar-refractivity contribution < 1.29 is 24.2 Å². The maximum atomic E-state index is 11.2. The number of ether oxygens (including phenoxy) is 1. The van der Waals surface area contributed by atoms with E-state index in [1.807, 2.05) is 52.0 Å².